The number of nitrogens with one attached hydrogen (secondary N) is 2. The minimum Gasteiger partial charge on any atom is -0.340 e. The van der Waals surface area contributed by atoms with Crippen LogP contribution in [0.5, 0.6) is 0 Å². The first-order valence-corrected chi connectivity index (χ1v) is 8.08. The van der Waals surface area contributed by atoms with Crippen molar-refractivity contribution >= 4 is 5.91 Å². The molecule has 2 N–H and O–H groups in total. The van der Waals surface area contributed by atoms with Gasteiger partial charge in [-0.2, -0.15) is 4.98 Å². The van der Waals surface area contributed by atoms with Gasteiger partial charge in [-0.3, -0.25) is 4.79 Å². The number of hydrogen-bond donors (Lipinski definition) is 2. The molecule has 0 aliphatic carbocycles. The number of hydrogen-bond acceptors (Lipinski definition) is 5. The van der Waals surface area contributed by atoms with E-state index in [1.54, 1.807) is 0 Å². The van der Waals surface area contributed by atoms with E-state index in [2.05, 4.69) is 20.8 Å². The summed E-state index contributed by atoms with van der Waals surface area (Å²) < 4.78 is 32.8. The molecule has 1 aromatic heterocycles. The third-order valence-corrected chi connectivity index (χ3v) is 3.87. The van der Waals surface area contributed by atoms with Gasteiger partial charge in [0, 0.05) is 12.5 Å². The second-order valence-electron chi connectivity index (χ2n) is 6.23. The number of nitrogens with zero attached hydrogens (tertiary/aromatic N) is 2. The maximum absolute atomic E-state index is 13.8. The van der Waals surface area contributed by atoms with E-state index in [9.17, 15) is 13.6 Å². The maximum atomic E-state index is 13.8. The Balaban J connectivity index is 2.20. The van der Waals surface area contributed by atoms with Crippen LogP contribution in [0.25, 0.3) is 0 Å². The summed E-state index contributed by atoms with van der Waals surface area (Å²) in [6.45, 7) is 5.64. The number of rotatable bonds is 7. The molecule has 0 aliphatic heterocycles. The van der Waals surface area contributed by atoms with Crippen molar-refractivity contribution in [2.24, 2.45) is 5.92 Å². The van der Waals surface area contributed by atoms with Crippen molar-refractivity contribution in [3.05, 3.63) is 47.1 Å². The van der Waals surface area contributed by atoms with Gasteiger partial charge < -0.3 is 15.2 Å². The topological polar surface area (TPSA) is 80.0 Å². The zero-order valence-electron chi connectivity index (χ0n) is 14.6. The van der Waals surface area contributed by atoms with Crippen LogP contribution in [-0.2, 0) is 6.42 Å². The van der Waals surface area contributed by atoms with Crippen LogP contribution >= 0.6 is 0 Å². The minimum atomic E-state index is -0.922. The van der Waals surface area contributed by atoms with Gasteiger partial charge in [0.05, 0.1) is 0 Å². The lowest BCUT2D eigenvalue weighted by atomic mass is 10.0. The summed E-state index contributed by atoms with van der Waals surface area (Å²) >= 11 is 0. The summed E-state index contributed by atoms with van der Waals surface area (Å²) in [4.78, 5) is 16.6. The molecule has 0 aliphatic rings. The van der Waals surface area contributed by atoms with Gasteiger partial charge in [-0.15, -0.1) is 0 Å². The third kappa shape index (κ3) is 4.60. The zero-order chi connectivity index (χ0) is 18.6. The van der Waals surface area contributed by atoms with E-state index in [0.29, 0.717) is 12.2 Å². The highest BCUT2D eigenvalue weighted by atomic mass is 19.1. The molecule has 8 heteroatoms. The largest absolute Gasteiger partial charge is 0.340 e. The molecule has 25 heavy (non-hydrogen) atoms. The first-order valence-electron chi connectivity index (χ1n) is 8.08. The van der Waals surface area contributed by atoms with Crippen molar-refractivity contribution in [2.75, 3.05) is 7.05 Å². The Hall–Kier alpha value is -2.35. The van der Waals surface area contributed by atoms with Crippen molar-refractivity contribution in [1.82, 2.24) is 20.8 Å². The zero-order valence-corrected chi connectivity index (χ0v) is 14.6. The van der Waals surface area contributed by atoms with Crippen LogP contribution in [0.15, 0.2) is 22.7 Å². The number of carbonyl (C=O) groups excluding carboxylic acids is 1. The molecule has 2 aromatic rings. The number of amides is 1. The Labute approximate surface area is 145 Å². The summed E-state index contributed by atoms with van der Waals surface area (Å²) in [5, 5.41) is 9.54. The molecule has 1 heterocycles. The van der Waals surface area contributed by atoms with E-state index in [4.69, 9.17) is 4.52 Å². The third-order valence-electron chi connectivity index (χ3n) is 3.87. The molecule has 0 spiro atoms. The van der Waals surface area contributed by atoms with Crippen LogP contribution < -0.4 is 10.6 Å². The number of aromatic nitrogens is 2. The molecule has 1 amide bonds. The summed E-state index contributed by atoms with van der Waals surface area (Å²) in [7, 11) is 1.83. The van der Waals surface area contributed by atoms with Crippen molar-refractivity contribution in [1.29, 1.82) is 0 Å². The van der Waals surface area contributed by atoms with Gasteiger partial charge in [-0.05, 0) is 32.0 Å². The molecule has 136 valence electrons. The van der Waals surface area contributed by atoms with Crippen LogP contribution in [0.1, 0.15) is 48.9 Å². The van der Waals surface area contributed by atoms with Crippen LogP contribution in [0, 0.1) is 17.6 Å². The summed E-state index contributed by atoms with van der Waals surface area (Å²) in [6.07, 6.45) is 0.556. The Morgan fingerprint density at radius 3 is 2.44 bits per heavy atom. The van der Waals surface area contributed by atoms with Gasteiger partial charge in [-0.25, -0.2) is 8.78 Å². The van der Waals surface area contributed by atoms with Crippen molar-refractivity contribution < 1.29 is 18.1 Å². The average Bonchev–Trinajstić information content (AvgIpc) is 3.00. The highest BCUT2D eigenvalue weighted by molar-refractivity contribution is 5.94. The van der Waals surface area contributed by atoms with Gasteiger partial charge in [0.1, 0.15) is 23.2 Å². The lowest BCUT2D eigenvalue weighted by Crippen LogP contribution is -2.33. The highest BCUT2D eigenvalue weighted by Crippen LogP contribution is 2.22. The molecular formula is C17H22F2N4O2. The minimum absolute atomic E-state index is 0.117. The molecule has 0 saturated carbocycles. The monoisotopic (exact) mass is 352 g/mol. The van der Waals surface area contributed by atoms with Gasteiger partial charge in [0.25, 0.3) is 5.91 Å². The first kappa shape index (κ1) is 19.0. The molecule has 2 rings (SSSR count). The van der Waals surface area contributed by atoms with Gasteiger partial charge in [-0.1, -0.05) is 25.1 Å². The molecule has 0 bridgehead atoms. The lowest BCUT2D eigenvalue weighted by molar-refractivity contribution is 0.0905. The van der Waals surface area contributed by atoms with Crippen LogP contribution in [-0.4, -0.2) is 29.1 Å². The van der Waals surface area contributed by atoms with Crippen molar-refractivity contribution in [2.45, 2.75) is 39.3 Å². The fourth-order valence-electron chi connectivity index (χ4n) is 2.29. The van der Waals surface area contributed by atoms with E-state index in [1.165, 1.54) is 6.07 Å². The van der Waals surface area contributed by atoms with Crippen molar-refractivity contribution in [3.8, 4) is 0 Å². The van der Waals surface area contributed by atoms with Gasteiger partial charge >= 0.3 is 0 Å². The number of benzene rings is 1. The number of likely N-dealkylation sites (N-methyl/N-ethyl adjacent to an activating group) is 1. The number of carbonyl (C=O) groups is 1. The smallest absolute Gasteiger partial charge is 0.257 e. The number of halogens is 2. The van der Waals surface area contributed by atoms with Gasteiger partial charge in [0.15, 0.2) is 5.82 Å². The predicted octanol–water partition coefficient (Wildman–Crippen LogP) is 2.63. The predicted molar refractivity (Wildman–Crippen MR) is 87.9 cm³/mol. The van der Waals surface area contributed by atoms with E-state index >= 15 is 0 Å². The van der Waals surface area contributed by atoms with E-state index < -0.39 is 29.1 Å². The maximum Gasteiger partial charge on any atom is 0.257 e. The molecular weight excluding hydrogens is 330 g/mol. The average molecular weight is 352 g/mol. The SMILES string of the molecule is CNC(C)Cc1noc([C@@H](NC(=O)c2c(F)cccc2F)C(C)C)n1. The first-order chi connectivity index (χ1) is 11.8. The summed E-state index contributed by atoms with van der Waals surface area (Å²) in [5.74, 6) is -2.12. The van der Waals surface area contributed by atoms with Crippen molar-refractivity contribution in [3.63, 3.8) is 0 Å². The Bertz CT molecular complexity index is 713. The Morgan fingerprint density at radius 1 is 1.24 bits per heavy atom. The summed E-state index contributed by atoms with van der Waals surface area (Å²) in [6, 6.07) is 2.77. The summed E-state index contributed by atoms with van der Waals surface area (Å²) in [5.41, 5.74) is -0.628. The molecule has 1 unspecified atom stereocenters. The molecule has 0 saturated heterocycles. The molecule has 1 aromatic carbocycles. The Kier molecular flexibility index (Phi) is 6.19. The fourth-order valence-corrected chi connectivity index (χ4v) is 2.29. The second-order valence-corrected chi connectivity index (χ2v) is 6.23. The van der Waals surface area contributed by atoms with Crippen LogP contribution in [0.2, 0.25) is 0 Å². The lowest BCUT2D eigenvalue weighted by Gasteiger charge is -2.19. The fraction of sp³-hybridized carbons (Fsp3) is 0.471. The standard InChI is InChI=1S/C17H22F2N4O2/c1-9(2)15(17-21-13(23-25-17)8-10(3)20-4)22-16(24)14-11(18)6-5-7-12(14)19/h5-7,9-10,15,20H,8H2,1-4H3,(H,22,24)/t10?,15-/m0/s1. The van der Waals surface area contributed by atoms with Crippen LogP contribution in [0.4, 0.5) is 8.78 Å². The molecule has 0 radical (unpaired) electrons. The molecule has 2 atom stereocenters. The van der Waals surface area contributed by atoms with E-state index in [1.807, 2.05) is 27.8 Å². The van der Waals surface area contributed by atoms with Crippen LogP contribution in [0.3, 0.4) is 0 Å². The molecule has 0 fully saturated rings. The van der Waals surface area contributed by atoms with E-state index in [0.717, 1.165) is 12.1 Å². The Morgan fingerprint density at radius 2 is 1.88 bits per heavy atom. The highest BCUT2D eigenvalue weighted by Gasteiger charge is 2.27. The second kappa shape index (κ2) is 8.15. The quantitative estimate of drug-likeness (QED) is 0.801. The van der Waals surface area contributed by atoms with E-state index in [-0.39, 0.29) is 17.9 Å². The molecule has 6 nitrogen and oxygen atoms in total. The normalized spacial score (nSPS) is 13.7. The van der Waals surface area contributed by atoms with Gasteiger partial charge in [0.2, 0.25) is 5.89 Å².